The van der Waals surface area contributed by atoms with Gasteiger partial charge >= 0.3 is 12.4 Å². The van der Waals surface area contributed by atoms with E-state index in [2.05, 4.69) is 34.8 Å². The van der Waals surface area contributed by atoms with E-state index in [0.717, 1.165) is 11.3 Å². The van der Waals surface area contributed by atoms with Gasteiger partial charge in [-0.25, -0.2) is 9.97 Å². The second-order valence-corrected chi connectivity index (χ2v) is 11.9. The standard InChI is InChI=1S/C26H28F3N3O2S.C5H9F3.2C2H6.CH4S/c1-2-35-21-10-5-17(6-11-21)14-30-24(33)19-7-12-22-23(13-19)31-16-32-25(22)34-15-18-3-8-20(9-4-18)26(27,28)29;1-3-4(2)5(6,7)8;3*1-2/h5-7,10-13,16,18,20H,2-4,8-9,14-15H2,1H3,(H,30,33);4H,3H2,1-2H3;2*1-2H3;2H,1H3. The van der Waals surface area contributed by atoms with Crippen LogP contribution in [0.1, 0.15) is 96.5 Å². The number of ether oxygens (including phenoxy) is 1. The molecule has 2 aromatic carbocycles. The molecule has 5 nitrogen and oxygen atoms in total. The number of hydrogen-bond acceptors (Lipinski definition) is 6. The summed E-state index contributed by atoms with van der Waals surface area (Å²) < 4.78 is 78.9. The molecule has 1 atom stereocenters. The Morgan fingerprint density at radius 1 is 0.939 bits per heavy atom. The number of nitrogens with zero attached hydrogens (tertiary/aromatic N) is 2. The highest BCUT2D eigenvalue weighted by molar-refractivity contribution is 7.99. The van der Waals surface area contributed by atoms with E-state index in [9.17, 15) is 31.1 Å². The number of alkyl halides is 6. The third kappa shape index (κ3) is 16.7. The Hall–Kier alpha value is -2.67. The molecule has 0 saturated heterocycles. The lowest BCUT2D eigenvalue weighted by atomic mass is 9.82. The summed E-state index contributed by atoms with van der Waals surface area (Å²) in [6.07, 6.45) is -3.62. The van der Waals surface area contributed by atoms with Crippen LogP contribution in [0.25, 0.3) is 10.9 Å². The molecule has 1 saturated carbocycles. The molecule has 1 amide bonds. The van der Waals surface area contributed by atoms with Crippen LogP contribution in [-0.2, 0) is 6.54 Å². The van der Waals surface area contributed by atoms with E-state index in [1.807, 2.05) is 52.0 Å². The first-order valence-corrected chi connectivity index (χ1v) is 18.6. The summed E-state index contributed by atoms with van der Waals surface area (Å²) in [6, 6.07) is 13.2. The lowest BCUT2D eigenvalue weighted by Crippen LogP contribution is -2.29. The van der Waals surface area contributed by atoms with Crippen molar-refractivity contribution in [2.24, 2.45) is 17.8 Å². The van der Waals surface area contributed by atoms with E-state index in [0.29, 0.717) is 48.3 Å². The Bertz CT molecular complexity index is 1320. The van der Waals surface area contributed by atoms with Crippen LogP contribution in [0.3, 0.4) is 0 Å². The summed E-state index contributed by atoms with van der Waals surface area (Å²) in [5.41, 5.74) is 2.07. The van der Waals surface area contributed by atoms with E-state index in [1.165, 1.54) is 25.1 Å². The number of carbonyl (C=O) groups excluding carboxylic acids is 1. The highest BCUT2D eigenvalue weighted by Gasteiger charge is 2.41. The van der Waals surface area contributed by atoms with E-state index >= 15 is 0 Å². The van der Waals surface area contributed by atoms with Crippen molar-refractivity contribution < 1.29 is 35.9 Å². The van der Waals surface area contributed by atoms with Crippen molar-refractivity contribution in [3.63, 3.8) is 0 Å². The smallest absolute Gasteiger partial charge is 0.391 e. The fourth-order valence-corrected chi connectivity index (χ4v) is 5.19. The zero-order valence-corrected chi connectivity index (χ0v) is 31.6. The maximum absolute atomic E-state index is 12.9. The van der Waals surface area contributed by atoms with Gasteiger partial charge < -0.3 is 10.1 Å². The molecule has 4 rings (SSSR count). The van der Waals surface area contributed by atoms with E-state index < -0.39 is 24.2 Å². The van der Waals surface area contributed by atoms with Gasteiger partial charge in [-0.3, -0.25) is 4.79 Å². The summed E-state index contributed by atoms with van der Waals surface area (Å²) in [5.74, 6) is -1.10. The molecule has 278 valence electrons. The van der Waals surface area contributed by atoms with Crippen LogP contribution in [0.5, 0.6) is 5.88 Å². The summed E-state index contributed by atoms with van der Waals surface area (Å²) >= 11 is 5.30. The molecule has 0 radical (unpaired) electrons. The zero-order chi connectivity index (χ0) is 37.6. The highest BCUT2D eigenvalue weighted by atomic mass is 32.2. The topological polar surface area (TPSA) is 64.1 Å². The quantitative estimate of drug-likeness (QED) is 0.130. The number of nitrogens with one attached hydrogen (secondary N) is 1. The van der Waals surface area contributed by atoms with Crippen LogP contribution in [0.2, 0.25) is 0 Å². The number of halogens is 6. The number of hydrogen-bond donors (Lipinski definition) is 2. The van der Waals surface area contributed by atoms with Crippen molar-refractivity contribution in [3.8, 4) is 5.88 Å². The molecule has 1 aliphatic carbocycles. The van der Waals surface area contributed by atoms with Gasteiger partial charge in [0.1, 0.15) is 6.33 Å². The largest absolute Gasteiger partial charge is 0.477 e. The maximum Gasteiger partial charge on any atom is 0.391 e. The molecule has 1 aromatic heterocycles. The minimum atomic E-state index is -4.11. The third-order valence-electron chi connectivity index (χ3n) is 7.49. The van der Waals surface area contributed by atoms with Gasteiger partial charge in [0, 0.05) is 17.0 Å². The Balaban J connectivity index is 0.00000142. The molecule has 3 aromatic rings. The Kier molecular flexibility index (Phi) is 23.1. The number of thioether (sulfide) groups is 1. The van der Waals surface area contributed by atoms with E-state index in [-0.39, 0.29) is 31.1 Å². The maximum atomic E-state index is 12.9. The normalized spacial score (nSPS) is 16.1. The van der Waals surface area contributed by atoms with Gasteiger partial charge in [-0.1, -0.05) is 60.6 Å². The molecular weight excluding hydrogens is 685 g/mol. The first kappa shape index (κ1) is 46.3. The summed E-state index contributed by atoms with van der Waals surface area (Å²) in [5, 5.41) is 3.59. The monoisotopic (exact) mass is 737 g/mol. The van der Waals surface area contributed by atoms with E-state index in [1.54, 1.807) is 36.2 Å². The van der Waals surface area contributed by atoms with Gasteiger partial charge in [-0.05, 0) is 85.9 Å². The molecule has 1 unspecified atom stereocenters. The second kappa shape index (κ2) is 24.5. The average Bonchev–Trinajstić information content (AvgIpc) is 3.12. The van der Waals surface area contributed by atoms with Gasteiger partial charge in [-0.15, -0.1) is 11.8 Å². The molecule has 49 heavy (non-hydrogen) atoms. The summed E-state index contributed by atoms with van der Waals surface area (Å²) in [6.45, 7) is 13.5. The molecule has 13 heteroatoms. The van der Waals surface area contributed by atoms with Crippen molar-refractivity contribution in [2.75, 3.05) is 18.6 Å². The van der Waals surface area contributed by atoms with Crippen LogP contribution in [0, 0.1) is 17.8 Å². The van der Waals surface area contributed by atoms with Crippen molar-refractivity contribution in [1.29, 1.82) is 0 Å². The Morgan fingerprint density at radius 3 is 2.02 bits per heavy atom. The average molecular weight is 738 g/mol. The fourth-order valence-electron chi connectivity index (χ4n) is 4.53. The number of fused-ring (bicyclic) bond motifs is 1. The zero-order valence-electron chi connectivity index (χ0n) is 29.8. The molecule has 0 spiro atoms. The first-order chi connectivity index (χ1) is 23.3. The molecule has 1 fully saturated rings. The van der Waals surface area contributed by atoms with Crippen LogP contribution in [0.15, 0.2) is 53.7 Å². The van der Waals surface area contributed by atoms with Crippen molar-refractivity contribution >= 4 is 41.2 Å². The molecule has 1 N–H and O–H groups in total. The van der Waals surface area contributed by atoms with Crippen molar-refractivity contribution in [2.45, 2.75) is 104 Å². The number of rotatable bonds is 9. The molecule has 0 aliphatic heterocycles. The van der Waals surface area contributed by atoms with Crippen molar-refractivity contribution in [1.82, 2.24) is 15.3 Å². The van der Waals surface area contributed by atoms with Crippen molar-refractivity contribution in [3.05, 3.63) is 59.9 Å². The third-order valence-corrected chi connectivity index (χ3v) is 8.38. The molecule has 0 bridgehead atoms. The Morgan fingerprint density at radius 2 is 1.53 bits per heavy atom. The number of amides is 1. The van der Waals surface area contributed by atoms with Crippen LogP contribution in [0.4, 0.5) is 26.3 Å². The van der Waals surface area contributed by atoms with E-state index in [4.69, 9.17) is 4.74 Å². The van der Waals surface area contributed by atoms with Crippen LogP contribution in [-0.4, -0.2) is 46.8 Å². The van der Waals surface area contributed by atoms with Gasteiger partial charge in [0.2, 0.25) is 5.88 Å². The number of carbonyl (C=O) groups is 1. The first-order valence-electron chi connectivity index (χ1n) is 16.8. The molecular formula is C36H53F6N3O2S2. The SMILES string of the molecule is CC.CC.CCC(C)C(F)(F)F.CCSc1ccc(CNC(=O)c2ccc3c(OCC4CCC(C(F)(F)F)CC4)ncnc3c2)cc1.CS. The summed E-state index contributed by atoms with van der Waals surface area (Å²) in [4.78, 5) is 22.3. The summed E-state index contributed by atoms with van der Waals surface area (Å²) in [7, 11) is 0. The van der Waals surface area contributed by atoms with Gasteiger partial charge in [0.15, 0.2) is 0 Å². The lowest BCUT2D eigenvalue weighted by molar-refractivity contribution is -0.184. The van der Waals surface area contributed by atoms with Crippen LogP contribution < -0.4 is 10.1 Å². The number of aromatic nitrogens is 2. The van der Waals surface area contributed by atoms with Crippen LogP contribution >= 0.6 is 24.4 Å². The van der Waals surface area contributed by atoms with Gasteiger partial charge in [0.25, 0.3) is 5.91 Å². The second-order valence-electron chi connectivity index (χ2n) is 10.6. The minimum Gasteiger partial charge on any atom is -0.477 e. The molecule has 1 heterocycles. The Labute approximate surface area is 298 Å². The predicted molar refractivity (Wildman–Crippen MR) is 194 cm³/mol. The highest BCUT2D eigenvalue weighted by Crippen LogP contribution is 2.39. The molecule has 1 aliphatic rings. The number of thiol groups is 1. The van der Waals surface area contributed by atoms with Gasteiger partial charge in [-0.2, -0.15) is 39.0 Å². The minimum absolute atomic E-state index is 0.0679. The van der Waals surface area contributed by atoms with Gasteiger partial charge in [0.05, 0.1) is 29.3 Å². The lowest BCUT2D eigenvalue weighted by Gasteiger charge is -2.29. The predicted octanol–water partition coefficient (Wildman–Crippen LogP) is 11.6. The number of benzene rings is 2. The fraction of sp³-hybridized carbons (Fsp3) is 0.583.